The number of aryl methyl sites for hydroxylation is 1. The van der Waals surface area contributed by atoms with E-state index in [9.17, 15) is 13.2 Å². The first-order valence-electron chi connectivity index (χ1n) is 8.65. The number of fused-ring (bicyclic) bond motifs is 1. The van der Waals surface area contributed by atoms with Crippen molar-refractivity contribution in [1.82, 2.24) is 14.4 Å². The van der Waals surface area contributed by atoms with Gasteiger partial charge in [0.1, 0.15) is 23.3 Å². The maximum Gasteiger partial charge on any atom is 0.235 e. The highest BCUT2D eigenvalue weighted by atomic mass is 19.1. The summed E-state index contributed by atoms with van der Waals surface area (Å²) in [6.07, 6.45) is 5.30. The van der Waals surface area contributed by atoms with Gasteiger partial charge in [-0.2, -0.15) is 0 Å². The molecule has 1 fully saturated rings. The SMILES string of the molecule is Cc1nc2nccn2c(N2C(C)CCC2C)c1-c1c(F)cc(F)cc1F. The largest absolute Gasteiger partial charge is 0.352 e. The first-order valence-corrected chi connectivity index (χ1v) is 8.65. The Morgan fingerprint density at radius 2 is 1.62 bits per heavy atom. The highest BCUT2D eigenvalue weighted by molar-refractivity contribution is 5.81. The predicted octanol–water partition coefficient (Wildman–Crippen LogP) is 4.50. The van der Waals surface area contributed by atoms with Crippen molar-refractivity contribution < 1.29 is 13.2 Å². The van der Waals surface area contributed by atoms with E-state index in [1.807, 2.05) is 0 Å². The van der Waals surface area contributed by atoms with Crippen LogP contribution in [0, 0.1) is 24.4 Å². The lowest BCUT2D eigenvalue weighted by Gasteiger charge is -2.32. The topological polar surface area (TPSA) is 33.4 Å². The van der Waals surface area contributed by atoms with Crippen molar-refractivity contribution in [3.8, 4) is 11.1 Å². The molecule has 0 amide bonds. The second kappa shape index (κ2) is 6.00. The zero-order valence-electron chi connectivity index (χ0n) is 14.8. The average molecular weight is 360 g/mol. The van der Waals surface area contributed by atoms with E-state index in [0.717, 1.165) is 12.8 Å². The number of anilines is 1. The molecule has 3 heterocycles. The molecule has 0 N–H and O–H groups in total. The second-order valence-corrected chi connectivity index (χ2v) is 6.92. The molecule has 2 unspecified atom stereocenters. The number of aromatic nitrogens is 3. The minimum absolute atomic E-state index is 0.197. The van der Waals surface area contributed by atoms with Gasteiger partial charge in [0.2, 0.25) is 5.78 Å². The first kappa shape index (κ1) is 16.9. The maximum absolute atomic E-state index is 14.6. The van der Waals surface area contributed by atoms with E-state index in [-0.39, 0.29) is 17.6 Å². The molecular formula is C19H19F3N4. The van der Waals surface area contributed by atoms with E-state index in [0.29, 0.717) is 35.0 Å². The lowest BCUT2D eigenvalue weighted by molar-refractivity contribution is 0.547. The molecule has 1 aliphatic heterocycles. The third kappa shape index (κ3) is 2.45. The molecule has 0 saturated carbocycles. The minimum Gasteiger partial charge on any atom is -0.352 e. The van der Waals surface area contributed by atoms with E-state index < -0.39 is 17.5 Å². The Kier molecular flexibility index (Phi) is 3.89. The van der Waals surface area contributed by atoms with Gasteiger partial charge in [-0.05, 0) is 33.6 Å². The van der Waals surface area contributed by atoms with Gasteiger partial charge in [0.05, 0.1) is 16.8 Å². The Morgan fingerprint density at radius 1 is 1.00 bits per heavy atom. The van der Waals surface area contributed by atoms with Crippen LogP contribution in [0.4, 0.5) is 19.0 Å². The molecule has 2 atom stereocenters. The molecule has 0 aliphatic carbocycles. The van der Waals surface area contributed by atoms with Gasteiger partial charge in [-0.25, -0.2) is 23.1 Å². The lowest BCUT2D eigenvalue weighted by atomic mass is 10.0. The standard InChI is InChI=1S/C19H19F3N4/c1-10-4-5-11(2)26(10)18-16(12(3)24-19-23-6-7-25(18)19)17-14(21)8-13(20)9-15(17)22/h6-11H,4-5H2,1-3H3. The van der Waals surface area contributed by atoms with Crippen molar-refractivity contribution in [2.24, 2.45) is 0 Å². The summed E-state index contributed by atoms with van der Waals surface area (Å²) < 4.78 is 44.4. The maximum atomic E-state index is 14.6. The van der Waals surface area contributed by atoms with Crippen LogP contribution in [0.15, 0.2) is 24.5 Å². The first-order chi connectivity index (χ1) is 12.4. The Morgan fingerprint density at radius 3 is 2.23 bits per heavy atom. The number of imidazole rings is 1. The van der Waals surface area contributed by atoms with Crippen LogP contribution in [0.25, 0.3) is 16.9 Å². The van der Waals surface area contributed by atoms with E-state index in [1.54, 1.807) is 23.7 Å². The van der Waals surface area contributed by atoms with Gasteiger partial charge in [-0.15, -0.1) is 0 Å². The van der Waals surface area contributed by atoms with E-state index in [4.69, 9.17) is 0 Å². The quantitative estimate of drug-likeness (QED) is 0.675. The van der Waals surface area contributed by atoms with E-state index in [2.05, 4.69) is 28.7 Å². The Hall–Kier alpha value is -2.57. The van der Waals surface area contributed by atoms with Crippen molar-refractivity contribution in [2.75, 3.05) is 4.90 Å². The molecular weight excluding hydrogens is 341 g/mol. The van der Waals surface area contributed by atoms with Crippen LogP contribution in [0.1, 0.15) is 32.4 Å². The smallest absolute Gasteiger partial charge is 0.235 e. The molecule has 136 valence electrons. The molecule has 26 heavy (non-hydrogen) atoms. The molecule has 0 spiro atoms. The summed E-state index contributed by atoms with van der Waals surface area (Å²) >= 11 is 0. The van der Waals surface area contributed by atoms with Crippen LogP contribution < -0.4 is 4.90 Å². The Labute approximate surface area is 149 Å². The summed E-state index contributed by atoms with van der Waals surface area (Å²) in [6, 6.07) is 1.80. The average Bonchev–Trinajstić information content (AvgIpc) is 3.14. The van der Waals surface area contributed by atoms with Crippen molar-refractivity contribution in [3.63, 3.8) is 0 Å². The number of rotatable bonds is 2. The van der Waals surface area contributed by atoms with Gasteiger partial charge in [0, 0.05) is 36.6 Å². The molecule has 0 bridgehead atoms. The van der Waals surface area contributed by atoms with Gasteiger partial charge in [-0.1, -0.05) is 0 Å². The minimum atomic E-state index is -0.942. The van der Waals surface area contributed by atoms with Crippen molar-refractivity contribution >= 4 is 11.6 Å². The molecule has 4 rings (SSSR count). The van der Waals surface area contributed by atoms with Crippen LogP contribution in [0.2, 0.25) is 0 Å². The number of hydrogen-bond acceptors (Lipinski definition) is 3. The van der Waals surface area contributed by atoms with Gasteiger partial charge in [-0.3, -0.25) is 4.40 Å². The molecule has 4 nitrogen and oxygen atoms in total. The van der Waals surface area contributed by atoms with Gasteiger partial charge in [0.15, 0.2) is 0 Å². The molecule has 1 aromatic carbocycles. The molecule has 1 saturated heterocycles. The number of halogens is 3. The highest BCUT2D eigenvalue weighted by Crippen LogP contribution is 2.41. The Balaban J connectivity index is 2.10. The summed E-state index contributed by atoms with van der Waals surface area (Å²) in [4.78, 5) is 10.8. The van der Waals surface area contributed by atoms with E-state index >= 15 is 0 Å². The summed E-state index contributed by atoms with van der Waals surface area (Å²) in [7, 11) is 0. The third-order valence-electron chi connectivity index (χ3n) is 5.16. The monoisotopic (exact) mass is 360 g/mol. The number of benzene rings is 1. The normalized spacial score (nSPS) is 20.3. The fourth-order valence-electron chi connectivity index (χ4n) is 3.97. The van der Waals surface area contributed by atoms with Crippen molar-refractivity contribution in [3.05, 3.63) is 47.7 Å². The number of nitrogens with zero attached hydrogens (tertiary/aromatic N) is 4. The summed E-state index contributed by atoms with van der Waals surface area (Å²) in [6.45, 7) is 5.87. The van der Waals surface area contributed by atoms with Crippen LogP contribution in [0.3, 0.4) is 0 Å². The number of hydrogen-bond donors (Lipinski definition) is 0. The van der Waals surface area contributed by atoms with Crippen molar-refractivity contribution in [2.45, 2.75) is 45.7 Å². The highest BCUT2D eigenvalue weighted by Gasteiger charge is 2.33. The lowest BCUT2D eigenvalue weighted by Crippen LogP contribution is -2.35. The van der Waals surface area contributed by atoms with Crippen LogP contribution >= 0.6 is 0 Å². The van der Waals surface area contributed by atoms with Crippen LogP contribution in [0.5, 0.6) is 0 Å². The fourth-order valence-corrected chi connectivity index (χ4v) is 3.97. The molecule has 2 aromatic heterocycles. The Bertz CT molecular complexity index is 965. The molecule has 7 heteroatoms. The molecule has 0 radical (unpaired) electrons. The second-order valence-electron chi connectivity index (χ2n) is 6.92. The zero-order chi connectivity index (χ0) is 18.6. The molecule has 1 aliphatic rings. The van der Waals surface area contributed by atoms with Crippen LogP contribution in [-0.4, -0.2) is 26.5 Å². The third-order valence-corrected chi connectivity index (χ3v) is 5.16. The molecule has 3 aromatic rings. The van der Waals surface area contributed by atoms with Gasteiger partial charge >= 0.3 is 0 Å². The van der Waals surface area contributed by atoms with Gasteiger partial charge in [0.25, 0.3) is 0 Å². The summed E-state index contributed by atoms with van der Waals surface area (Å²) in [5.74, 6) is -1.70. The fraction of sp³-hybridized carbons (Fsp3) is 0.368. The van der Waals surface area contributed by atoms with Gasteiger partial charge < -0.3 is 4.90 Å². The van der Waals surface area contributed by atoms with Crippen LogP contribution in [-0.2, 0) is 0 Å². The predicted molar refractivity (Wildman–Crippen MR) is 93.7 cm³/mol. The van der Waals surface area contributed by atoms with E-state index in [1.165, 1.54) is 0 Å². The summed E-state index contributed by atoms with van der Waals surface area (Å²) in [5, 5.41) is 0. The van der Waals surface area contributed by atoms with Crippen molar-refractivity contribution in [1.29, 1.82) is 0 Å². The summed E-state index contributed by atoms with van der Waals surface area (Å²) in [5.41, 5.74) is 0.536. The zero-order valence-corrected chi connectivity index (χ0v) is 14.8.